The number of rotatable bonds is 3. The zero-order chi connectivity index (χ0) is 14.5. The minimum Gasteiger partial charge on any atom is -0.376 e. The molecule has 2 rings (SSSR count). The number of hydrogen-bond donors (Lipinski definition) is 1. The molecule has 1 N–H and O–H groups in total. The number of amides is 2. The second kappa shape index (κ2) is 6.50. The lowest BCUT2D eigenvalue weighted by atomic mass is 10.3. The molecule has 0 saturated heterocycles. The van der Waals surface area contributed by atoms with Gasteiger partial charge in [0.05, 0.1) is 5.02 Å². The van der Waals surface area contributed by atoms with Gasteiger partial charge in [-0.25, -0.2) is 4.79 Å². The minimum absolute atomic E-state index is 0.286. The third-order valence-corrected chi connectivity index (χ3v) is 3.14. The quantitative estimate of drug-likeness (QED) is 0.866. The molecule has 0 radical (unpaired) electrons. The monoisotopic (exact) mass is 310 g/mol. The number of benzene rings is 2. The van der Waals surface area contributed by atoms with Crippen molar-refractivity contribution in [1.82, 2.24) is 5.48 Å². The summed E-state index contributed by atoms with van der Waals surface area (Å²) in [5.74, 6) is 0.286. The molecule has 0 atom stereocenters. The Labute approximate surface area is 126 Å². The van der Waals surface area contributed by atoms with Crippen molar-refractivity contribution in [1.29, 1.82) is 0 Å². The summed E-state index contributed by atoms with van der Waals surface area (Å²) in [5.41, 5.74) is 3.05. The Morgan fingerprint density at radius 2 is 1.85 bits per heavy atom. The van der Waals surface area contributed by atoms with Gasteiger partial charge in [-0.1, -0.05) is 41.4 Å². The van der Waals surface area contributed by atoms with Gasteiger partial charge in [0.1, 0.15) is 0 Å². The first kappa shape index (κ1) is 14.5. The minimum atomic E-state index is -0.424. The van der Waals surface area contributed by atoms with Gasteiger partial charge in [-0.3, -0.25) is 4.90 Å². The van der Waals surface area contributed by atoms with E-state index in [0.717, 1.165) is 5.69 Å². The Bertz CT molecular complexity index is 605. The summed E-state index contributed by atoms with van der Waals surface area (Å²) in [4.78, 5) is 18.5. The molecule has 2 amide bonds. The van der Waals surface area contributed by atoms with E-state index in [1.54, 1.807) is 19.2 Å². The molecule has 0 aromatic heterocycles. The molecule has 0 fully saturated rings. The molecule has 0 spiro atoms. The maximum Gasteiger partial charge on any atom is 0.354 e. The lowest BCUT2D eigenvalue weighted by molar-refractivity contribution is 0.184. The molecule has 0 aliphatic carbocycles. The van der Waals surface area contributed by atoms with E-state index in [0.29, 0.717) is 10.0 Å². The molecule has 4 nitrogen and oxygen atoms in total. The molecule has 0 aliphatic rings. The summed E-state index contributed by atoms with van der Waals surface area (Å²) in [7, 11) is 1.63. The molecule has 20 heavy (non-hydrogen) atoms. The van der Waals surface area contributed by atoms with Gasteiger partial charge in [0, 0.05) is 23.8 Å². The smallest absolute Gasteiger partial charge is 0.354 e. The topological polar surface area (TPSA) is 41.6 Å². The van der Waals surface area contributed by atoms with Crippen LogP contribution in [-0.2, 0) is 0 Å². The van der Waals surface area contributed by atoms with Crippen LogP contribution in [0.5, 0.6) is 5.75 Å². The van der Waals surface area contributed by atoms with Crippen molar-refractivity contribution < 1.29 is 9.63 Å². The van der Waals surface area contributed by atoms with E-state index < -0.39 is 6.03 Å². The lowest BCUT2D eigenvalue weighted by Gasteiger charge is -2.18. The van der Waals surface area contributed by atoms with E-state index in [2.05, 4.69) is 5.48 Å². The molecule has 2 aromatic carbocycles. The molecule has 0 bridgehead atoms. The van der Waals surface area contributed by atoms with Crippen molar-refractivity contribution in [2.45, 2.75) is 0 Å². The van der Waals surface area contributed by atoms with Crippen molar-refractivity contribution in [3.8, 4) is 5.75 Å². The number of nitrogens with one attached hydrogen (secondary N) is 1. The van der Waals surface area contributed by atoms with E-state index in [-0.39, 0.29) is 5.75 Å². The Kier molecular flexibility index (Phi) is 4.71. The first-order valence-corrected chi connectivity index (χ1v) is 6.54. The molecular weight excluding hydrogens is 299 g/mol. The standard InChI is InChI=1S/C14H12Cl2N2O2/c1-18(11-5-3-2-4-6-11)14(19)17-20-13-9-10(15)7-8-12(13)16/h2-9H,1H3,(H,17,19). The number of carbonyl (C=O) groups is 1. The predicted octanol–water partition coefficient (Wildman–Crippen LogP) is 4.13. The number of halogens is 2. The summed E-state index contributed by atoms with van der Waals surface area (Å²) in [6.07, 6.45) is 0. The fraction of sp³-hybridized carbons (Fsp3) is 0.0714. The highest BCUT2D eigenvalue weighted by Crippen LogP contribution is 2.27. The van der Waals surface area contributed by atoms with E-state index >= 15 is 0 Å². The zero-order valence-corrected chi connectivity index (χ0v) is 12.2. The van der Waals surface area contributed by atoms with Crippen LogP contribution < -0.4 is 15.2 Å². The molecule has 0 aliphatic heterocycles. The number of carbonyl (C=O) groups excluding carboxylic acids is 1. The third kappa shape index (κ3) is 3.56. The Morgan fingerprint density at radius 3 is 2.55 bits per heavy atom. The van der Waals surface area contributed by atoms with Crippen molar-refractivity contribution in [3.63, 3.8) is 0 Å². The van der Waals surface area contributed by atoms with Crippen LogP contribution in [0, 0.1) is 0 Å². The molecule has 0 saturated carbocycles. The van der Waals surface area contributed by atoms with Gasteiger partial charge in [0.25, 0.3) is 0 Å². The Morgan fingerprint density at radius 1 is 1.15 bits per heavy atom. The molecule has 0 heterocycles. The fourth-order valence-corrected chi connectivity index (χ4v) is 1.81. The maximum atomic E-state index is 11.9. The van der Waals surface area contributed by atoms with Crippen LogP contribution in [0.3, 0.4) is 0 Å². The second-order valence-corrected chi connectivity index (χ2v) is 4.82. The van der Waals surface area contributed by atoms with Gasteiger partial charge in [-0.2, -0.15) is 5.48 Å². The fourth-order valence-electron chi connectivity index (χ4n) is 1.49. The van der Waals surface area contributed by atoms with Crippen molar-refractivity contribution >= 4 is 34.9 Å². The summed E-state index contributed by atoms with van der Waals surface area (Å²) >= 11 is 11.8. The van der Waals surface area contributed by atoms with E-state index in [9.17, 15) is 4.79 Å². The summed E-state index contributed by atoms with van der Waals surface area (Å²) < 4.78 is 0. The molecule has 6 heteroatoms. The zero-order valence-electron chi connectivity index (χ0n) is 10.6. The maximum absolute atomic E-state index is 11.9. The molecule has 104 valence electrons. The number of nitrogens with zero attached hydrogens (tertiary/aromatic N) is 1. The normalized spacial score (nSPS) is 9.95. The van der Waals surface area contributed by atoms with Gasteiger partial charge in [-0.05, 0) is 24.3 Å². The third-order valence-electron chi connectivity index (χ3n) is 2.59. The highest BCUT2D eigenvalue weighted by molar-refractivity contribution is 6.34. The Hall–Kier alpha value is -1.91. The summed E-state index contributed by atoms with van der Waals surface area (Å²) in [6.45, 7) is 0. The van der Waals surface area contributed by atoms with Gasteiger partial charge < -0.3 is 4.84 Å². The van der Waals surface area contributed by atoms with Gasteiger partial charge in [0.2, 0.25) is 0 Å². The lowest BCUT2D eigenvalue weighted by Crippen LogP contribution is -2.39. The van der Waals surface area contributed by atoms with Crippen molar-refractivity contribution in [2.24, 2.45) is 0 Å². The SMILES string of the molecule is CN(C(=O)NOc1cc(Cl)ccc1Cl)c1ccccc1. The van der Waals surface area contributed by atoms with E-state index in [1.807, 2.05) is 30.3 Å². The van der Waals surface area contributed by atoms with Gasteiger partial charge in [-0.15, -0.1) is 0 Å². The van der Waals surface area contributed by atoms with Crippen LogP contribution in [0.4, 0.5) is 10.5 Å². The largest absolute Gasteiger partial charge is 0.376 e. The Balaban J connectivity index is 2.00. The van der Waals surface area contributed by atoms with Crippen molar-refractivity contribution in [2.75, 3.05) is 11.9 Å². The first-order chi connectivity index (χ1) is 9.58. The molecular formula is C14H12Cl2N2O2. The highest BCUT2D eigenvalue weighted by Gasteiger charge is 2.12. The van der Waals surface area contributed by atoms with Crippen LogP contribution in [0.15, 0.2) is 48.5 Å². The first-order valence-electron chi connectivity index (χ1n) is 5.78. The molecule has 0 unspecified atom stereocenters. The summed E-state index contributed by atoms with van der Waals surface area (Å²) in [5, 5.41) is 0.826. The van der Waals surface area contributed by atoms with Gasteiger partial charge >= 0.3 is 6.03 Å². The molecule has 2 aromatic rings. The summed E-state index contributed by atoms with van der Waals surface area (Å²) in [6, 6.07) is 13.5. The number of hydrogen-bond acceptors (Lipinski definition) is 2. The van der Waals surface area contributed by atoms with E-state index in [4.69, 9.17) is 28.0 Å². The van der Waals surface area contributed by atoms with Crippen LogP contribution in [0.2, 0.25) is 10.0 Å². The average molecular weight is 311 g/mol. The highest BCUT2D eigenvalue weighted by atomic mass is 35.5. The second-order valence-electron chi connectivity index (χ2n) is 3.98. The van der Waals surface area contributed by atoms with Crippen molar-refractivity contribution in [3.05, 3.63) is 58.6 Å². The van der Waals surface area contributed by atoms with Crippen LogP contribution in [-0.4, -0.2) is 13.1 Å². The van der Waals surface area contributed by atoms with Crippen LogP contribution in [0.1, 0.15) is 0 Å². The van der Waals surface area contributed by atoms with Crippen LogP contribution in [0.25, 0.3) is 0 Å². The number of anilines is 1. The number of urea groups is 1. The predicted molar refractivity (Wildman–Crippen MR) is 80.5 cm³/mol. The van der Waals surface area contributed by atoms with Gasteiger partial charge in [0.15, 0.2) is 5.75 Å². The van der Waals surface area contributed by atoms with Crippen LogP contribution >= 0.6 is 23.2 Å². The van der Waals surface area contributed by atoms with E-state index in [1.165, 1.54) is 11.0 Å². The number of para-hydroxylation sites is 1. The average Bonchev–Trinajstić information content (AvgIpc) is 2.48. The number of hydroxylamine groups is 1.